The van der Waals surface area contributed by atoms with Crippen LogP contribution in [-0.2, 0) is 0 Å². The Kier molecular flexibility index (Phi) is 9.82. The fraction of sp³-hybridized carbons (Fsp3) is 0.0333. The molecule has 0 N–H and O–H groups in total. The Bertz CT molecular complexity index is 3330. The van der Waals surface area contributed by atoms with E-state index in [9.17, 15) is 0 Å². The average Bonchev–Trinajstić information content (AvgIpc) is 3.95. The van der Waals surface area contributed by atoms with Gasteiger partial charge in [-0.05, 0) is 124 Å². The van der Waals surface area contributed by atoms with Crippen molar-refractivity contribution < 1.29 is 0 Å². The van der Waals surface area contributed by atoms with Gasteiger partial charge in [-0.15, -0.1) is 23.1 Å². The van der Waals surface area contributed by atoms with E-state index < -0.39 is 0 Å². The third-order valence-electron chi connectivity index (χ3n) is 12.7. The van der Waals surface area contributed by atoms with E-state index in [1.165, 1.54) is 64.0 Å². The normalized spacial score (nSPS) is 15.2. The maximum Gasteiger partial charge on any atom is 0.0462 e. The van der Waals surface area contributed by atoms with Crippen molar-refractivity contribution in [2.45, 2.75) is 16.1 Å². The minimum atomic E-state index is 0.321. The molecule has 12 rings (SSSR count). The largest absolute Gasteiger partial charge is 0.311 e. The summed E-state index contributed by atoms with van der Waals surface area (Å²) in [6.45, 7) is 0. The Hall–Kier alpha value is -7.37. The Morgan fingerprint density at radius 2 is 0.859 bits per heavy atom. The van der Waals surface area contributed by atoms with E-state index in [1.54, 1.807) is 0 Å². The number of hydrogen-bond donors (Lipinski definition) is 0. The zero-order chi connectivity index (χ0) is 42.4. The summed E-state index contributed by atoms with van der Waals surface area (Å²) in [4.78, 5) is 6.07. The van der Waals surface area contributed by atoms with Crippen molar-refractivity contribution in [3.05, 3.63) is 254 Å². The summed E-state index contributed by atoms with van der Waals surface area (Å²) in [5.74, 6) is 0.321. The predicted octanol–water partition coefficient (Wildman–Crippen LogP) is 17.5. The topological polar surface area (TPSA) is 6.48 Å². The molecule has 64 heavy (non-hydrogen) atoms. The lowest BCUT2D eigenvalue weighted by Crippen LogP contribution is -2.15. The molecular weight excluding hydrogens is 813 g/mol. The summed E-state index contributed by atoms with van der Waals surface area (Å²) in [6.07, 6.45) is 6.91. The van der Waals surface area contributed by atoms with Gasteiger partial charge in [0.05, 0.1) is 0 Å². The second kappa shape index (κ2) is 16.4. The first kappa shape index (κ1) is 38.3. The molecule has 0 fully saturated rings. The molecule has 0 saturated heterocycles. The zero-order valence-electron chi connectivity index (χ0n) is 35.0. The molecule has 2 heterocycles. The van der Waals surface area contributed by atoms with Gasteiger partial charge >= 0.3 is 0 Å². The molecule has 0 bridgehead atoms. The molecule has 2 aliphatic rings. The number of hydrogen-bond acceptors (Lipinski definition) is 4. The SMILES string of the molecule is C1=CC(c2ccc(N(c3ccccc3)c3ccc(-c4ccc(N(c5ccccc5)c5ccc(-c6cccc7c6sc6ccccc67)cc5)cc4)cc3)cc2)C2Sc3ccccc3C2=C1. The number of thiophene rings is 1. The summed E-state index contributed by atoms with van der Waals surface area (Å²) < 4.78 is 2.66. The number of rotatable bonds is 9. The molecule has 0 spiro atoms. The Labute approximate surface area is 382 Å². The van der Waals surface area contributed by atoms with Gasteiger partial charge < -0.3 is 9.80 Å². The molecule has 2 nitrogen and oxygen atoms in total. The molecule has 1 aliphatic carbocycles. The number of allylic oxidation sites excluding steroid dienone is 3. The highest BCUT2D eigenvalue weighted by molar-refractivity contribution is 8.01. The molecule has 10 aromatic rings. The molecule has 304 valence electrons. The van der Waals surface area contributed by atoms with Crippen molar-refractivity contribution in [2.24, 2.45) is 0 Å². The van der Waals surface area contributed by atoms with Gasteiger partial charge in [0, 0.05) is 70.4 Å². The van der Waals surface area contributed by atoms with E-state index in [4.69, 9.17) is 0 Å². The van der Waals surface area contributed by atoms with E-state index in [1.807, 2.05) is 23.1 Å². The van der Waals surface area contributed by atoms with Crippen molar-refractivity contribution in [3.8, 4) is 22.3 Å². The van der Waals surface area contributed by atoms with Gasteiger partial charge in [-0.25, -0.2) is 0 Å². The quantitative estimate of drug-likeness (QED) is 0.143. The number of anilines is 6. The third kappa shape index (κ3) is 6.93. The summed E-state index contributed by atoms with van der Waals surface area (Å²) in [5, 5.41) is 3.04. The highest BCUT2D eigenvalue weighted by Crippen LogP contribution is 2.52. The van der Waals surface area contributed by atoms with Crippen LogP contribution in [0.2, 0.25) is 0 Å². The molecule has 0 saturated carbocycles. The van der Waals surface area contributed by atoms with Crippen molar-refractivity contribution in [1.82, 2.24) is 0 Å². The van der Waals surface area contributed by atoms with Crippen molar-refractivity contribution in [3.63, 3.8) is 0 Å². The van der Waals surface area contributed by atoms with Crippen LogP contribution in [0.1, 0.15) is 17.0 Å². The Balaban J connectivity index is 0.815. The highest BCUT2D eigenvalue weighted by atomic mass is 32.2. The average molecular weight is 855 g/mol. The molecule has 0 amide bonds. The maximum atomic E-state index is 2.37. The summed E-state index contributed by atoms with van der Waals surface area (Å²) >= 11 is 3.87. The van der Waals surface area contributed by atoms with Gasteiger partial charge in [0.1, 0.15) is 0 Å². The minimum absolute atomic E-state index is 0.321. The van der Waals surface area contributed by atoms with Gasteiger partial charge in [0.15, 0.2) is 0 Å². The molecule has 2 unspecified atom stereocenters. The monoisotopic (exact) mass is 854 g/mol. The zero-order valence-corrected chi connectivity index (χ0v) is 36.6. The van der Waals surface area contributed by atoms with Gasteiger partial charge in [0.25, 0.3) is 0 Å². The summed E-state index contributed by atoms with van der Waals surface area (Å²) in [6, 6.07) is 81.7. The van der Waals surface area contributed by atoms with E-state index in [-0.39, 0.29) is 0 Å². The second-order valence-electron chi connectivity index (χ2n) is 16.4. The standard InChI is InChI=1S/C60H42N2S2/c1-3-13-45(14-4-1)61(49-37-29-43(30-38-49)51-19-11-21-55-53-17-7-9-23-57(53)63-59(51)55)47-33-25-41(26-34-47)42-27-35-48(36-28-42)62(46-15-5-2-6-16-46)50-39-31-44(32-40-50)52-20-12-22-56-54-18-8-10-24-58(54)64-60(52)56/h1-40,51,59H. The predicted molar refractivity (Wildman–Crippen MR) is 276 cm³/mol. The van der Waals surface area contributed by atoms with E-state index >= 15 is 0 Å². The summed E-state index contributed by atoms with van der Waals surface area (Å²) in [7, 11) is 0. The van der Waals surface area contributed by atoms with Crippen molar-refractivity contribution in [1.29, 1.82) is 0 Å². The van der Waals surface area contributed by atoms with Crippen LogP contribution < -0.4 is 9.80 Å². The van der Waals surface area contributed by atoms with Crippen LogP contribution in [0.15, 0.2) is 248 Å². The number of benzene rings is 9. The van der Waals surface area contributed by atoms with Gasteiger partial charge in [0.2, 0.25) is 0 Å². The van der Waals surface area contributed by atoms with Crippen LogP contribution in [0.4, 0.5) is 34.1 Å². The molecule has 1 aliphatic heterocycles. The van der Waals surface area contributed by atoms with E-state index in [0.29, 0.717) is 11.2 Å². The van der Waals surface area contributed by atoms with Crippen molar-refractivity contribution >= 4 is 83.0 Å². The fourth-order valence-corrected chi connectivity index (χ4v) is 12.3. The van der Waals surface area contributed by atoms with E-state index in [2.05, 4.69) is 252 Å². The van der Waals surface area contributed by atoms with E-state index in [0.717, 1.165) is 34.1 Å². The Morgan fingerprint density at radius 1 is 0.375 bits per heavy atom. The van der Waals surface area contributed by atoms with Gasteiger partial charge in [-0.1, -0.05) is 158 Å². The first-order chi connectivity index (χ1) is 31.7. The summed E-state index contributed by atoms with van der Waals surface area (Å²) in [5.41, 5.74) is 15.7. The van der Waals surface area contributed by atoms with Gasteiger partial charge in [-0.3, -0.25) is 0 Å². The number of nitrogens with zero attached hydrogens (tertiary/aromatic N) is 2. The molecule has 2 atom stereocenters. The van der Waals surface area contributed by atoms with Gasteiger partial charge in [-0.2, -0.15) is 0 Å². The van der Waals surface area contributed by atoms with Crippen LogP contribution in [0.3, 0.4) is 0 Å². The molecule has 4 heteroatoms. The first-order valence-electron chi connectivity index (χ1n) is 21.9. The highest BCUT2D eigenvalue weighted by Gasteiger charge is 2.34. The smallest absolute Gasteiger partial charge is 0.0462 e. The lowest BCUT2D eigenvalue weighted by molar-refractivity contribution is 0.891. The van der Waals surface area contributed by atoms with Crippen LogP contribution in [-0.4, -0.2) is 5.25 Å². The number of para-hydroxylation sites is 2. The molecule has 1 aromatic heterocycles. The fourth-order valence-electron chi connectivity index (χ4n) is 9.54. The third-order valence-corrected chi connectivity index (χ3v) is 15.3. The molecule has 9 aromatic carbocycles. The number of fused-ring (bicyclic) bond motifs is 6. The van der Waals surface area contributed by atoms with Crippen LogP contribution >= 0.6 is 23.1 Å². The first-order valence-corrected chi connectivity index (χ1v) is 23.6. The van der Waals surface area contributed by atoms with Crippen molar-refractivity contribution in [2.75, 3.05) is 9.80 Å². The number of thioether (sulfide) groups is 1. The Morgan fingerprint density at radius 3 is 1.48 bits per heavy atom. The van der Waals surface area contributed by atoms with Crippen LogP contribution in [0.5, 0.6) is 0 Å². The maximum absolute atomic E-state index is 2.37. The second-order valence-corrected chi connectivity index (χ2v) is 18.7. The molecule has 0 radical (unpaired) electrons. The van der Waals surface area contributed by atoms with Crippen LogP contribution in [0, 0.1) is 0 Å². The van der Waals surface area contributed by atoms with Crippen LogP contribution in [0.25, 0.3) is 48.0 Å². The lowest BCUT2D eigenvalue weighted by Gasteiger charge is -2.28. The molecular formula is C60H42N2S2. The lowest BCUT2D eigenvalue weighted by atomic mass is 9.85. The minimum Gasteiger partial charge on any atom is -0.311 e.